The third-order valence-corrected chi connectivity index (χ3v) is 1.62. The molecular formula is C11H20CrNO2-. The summed E-state index contributed by atoms with van der Waals surface area (Å²) in [5, 5.41) is 2.78. The van der Waals surface area contributed by atoms with Crippen LogP contribution in [0.15, 0.2) is 13.2 Å². The monoisotopic (exact) mass is 250 g/mol. The molecule has 0 radical (unpaired) electrons. The van der Waals surface area contributed by atoms with Crippen molar-refractivity contribution in [3.05, 3.63) is 19.6 Å². The van der Waals surface area contributed by atoms with Gasteiger partial charge in [-0.2, -0.15) is 12.8 Å². The SMILES string of the molecule is C=C.CC(C)(C)OC(=O)NC1C[CH-]C1.[Cr]. The first-order valence-electron chi connectivity index (χ1n) is 4.78. The molecular weight excluding hydrogens is 230 g/mol. The number of rotatable bonds is 1. The van der Waals surface area contributed by atoms with E-state index in [0.717, 1.165) is 12.8 Å². The van der Waals surface area contributed by atoms with E-state index in [1.807, 2.05) is 20.8 Å². The molecule has 0 bridgehead atoms. The molecule has 4 heteroatoms. The Morgan fingerprint density at radius 1 is 1.40 bits per heavy atom. The van der Waals surface area contributed by atoms with Crippen molar-refractivity contribution in [2.24, 2.45) is 0 Å². The van der Waals surface area contributed by atoms with Gasteiger partial charge in [0.05, 0.1) is 0 Å². The molecule has 1 saturated carbocycles. The zero-order valence-electron chi connectivity index (χ0n) is 9.71. The molecule has 1 aliphatic rings. The summed E-state index contributed by atoms with van der Waals surface area (Å²) in [6.07, 6.45) is 3.78. The molecule has 0 aliphatic heterocycles. The summed E-state index contributed by atoms with van der Waals surface area (Å²) in [6.45, 7) is 11.6. The number of carbonyl (C=O) groups is 1. The van der Waals surface area contributed by atoms with Crippen LogP contribution in [0.2, 0.25) is 0 Å². The van der Waals surface area contributed by atoms with Crippen molar-refractivity contribution in [1.82, 2.24) is 5.32 Å². The Balaban J connectivity index is 0. The van der Waals surface area contributed by atoms with Crippen molar-refractivity contribution in [2.45, 2.75) is 45.3 Å². The van der Waals surface area contributed by atoms with Gasteiger partial charge in [-0.15, -0.1) is 13.2 Å². The molecule has 15 heavy (non-hydrogen) atoms. The summed E-state index contributed by atoms with van der Waals surface area (Å²) in [5.74, 6) is 0. The van der Waals surface area contributed by atoms with Crippen LogP contribution in [0.4, 0.5) is 4.79 Å². The van der Waals surface area contributed by atoms with E-state index in [-0.39, 0.29) is 23.5 Å². The minimum absolute atomic E-state index is 0. The molecule has 0 unspecified atom stereocenters. The molecule has 0 spiro atoms. The summed E-state index contributed by atoms with van der Waals surface area (Å²) < 4.78 is 5.08. The van der Waals surface area contributed by atoms with E-state index in [0.29, 0.717) is 6.04 Å². The van der Waals surface area contributed by atoms with Crippen LogP contribution in [0.3, 0.4) is 0 Å². The molecule has 0 aromatic rings. The van der Waals surface area contributed by atoms with Gasteiger partial charge in [0, 0.05) is 17.4 Å². The summed E-state index contributed by atoms with van der Waals surface area (Å²) in [7, 11) is 0. The number of carbonyl (C=O) groups excluding carboxylic acids is 1. The summed E-state index contributed by atoms with van der Waals surface area (Å²) in [4.78, 5) is 11.1. The topological polar surface area (TPSA) is 38.3 Å². The van der Waals surface area contributed by atoms with E-state index in [1.54, 1.807) is 0 Å². The second-order valence-electron chi connectivity index (χ2n) is 4.10. The number of nitrogens with one attached hydrogen (secondary N) is 1. The molecule has 1 rings (SSSR count). The van der Waals surface area contributed by atoms with Crippen molar-refractivity contribution >= 4 is 6.09 Å². The molecule has 1 fully saturated rings. The van der Waals surface area contributed by atoms with Gasteiger partial charge in [-0.25, -0.2) is 4.79 Å². The molecule has 1 N–H and O–H groups in total. The van der Waals surface area contributed by atoms with E-state index < -0.39 is 5.60 Å². The van der Waals surface area contributed by atoms with Gasteiger partial charge in [0.25, 0.3) is 0 Å². The van der Waals surface area contributed by atoms with Crippen LogP contribution >= 0.6 is 0 Å². The number of alkyl carbamates (subject to hydrolysis) is 1. The molecule has 88 valence electrons. The van der Waals surface area contributed by atoms with Crippen LogP contribution in [-0.4, -0.2) is 17.7 Å². The van der Waals surface area contributed by atoms with E-state index in [2.05, 4.69) is 24.9 Å². The predicted molar refractivity (Wildman–Crippen MR) is 57.9 cm³/mol. The Morgan fingerprint density at radius 2 is 1.87 bits per heavy atom. The first-order valence-corrected chi connectivity index (χ1v) is 4.78. The number of amides is 1. The summed E-state index contributed by atoms with van der Waals surface area (Å²) >= 11 is 0. The van der Waals surface area contributed by atoms with Crippen LogP contribution in [-0.2, 0) is 22.1 Å². The fraction of sp³-hybridized carbons (Fsp3) is 0.636. The molecule has 0 atom stereocenters. The smallest absolute Gasteiger partial charge is 0.407 e. The van der Waals surface area contributed by atoms with Gasteiger partial charge in [0.2, 0.25) is 0 Å². The molecule has 0 aromatic heterocycles. The molecule has 0 saturated heterocycles. The number of ether oxygens (including phenoxy) is 1. The summed E-state index contributed by atoms with van der Waals surface area (Å²) in [6, 6.07) is 0.305. The minimum Gasteiger partial charge on any atom is -0.444 e. The van der Waals surface area contributed by atoms with Gasteiger partial charge < -0.3 is 16.5 Å². The Morgan fingerprint density at radius 3 is 2.13 bits per heavy atom. The Bertz CT molecular complexity index is 186. The van der Waals surface area contributed by atoms with Gasteiger partial charge in [0.15, 0.2) is 0 Å². The Labute approximate surface area is 103 Å². The molecule has 0 heterocycles. The van der Waals surface area contributed by atoms with E-state index >= 15 is 0 Å². The largest absolute Gasteiger partial charge is 0.444 e. The summed E-state index contributed by atoms with van der Waals surface area (Å²) in [5.41, 5.74) is -0.391. The van der Waals surface area contributed by atoms with Crippen molar-refractivity contribution in [2.75, 3.05) is 0 Å². The third-order valence-electron chi connectivity index (χ3n) is 1.62. The minimum atomic E-state index is -0.391. The number of hydrogen-bond acceptors (Lipinski definition) is 2. The Kier molecular flexibility index (Phi) is 8.80. The maximum atomic E-state index is 11.1. The second kappa shape index (κ2) is 7.79. The van der Waals surface area contributed by atoms with Gasteiger partial charge in [0.1, 0.15) is 5.60 Å². The zero-order valence-corrected chi connectivity index (χ0v) is 11.0. The van der Waals surface area contributed by atoms with Crippen molar-refractivity contribution in [3.8, 4) is 0 Å². The first kappa shape index (κ1) is 17.0. The quantitative estimate of drug-likeness (QED) is 0.574. The van der Waals surface area contributed by atoms with E-state index in [9.17, 15) is 4.79 Å². The van der Waals surface area contributed by atoms with Crippen molar-refractivity contribution < 1.29 is 26.9 Å². The van der Waals surface area contributed by atoms with Crippen molar-refractivity contribution in [1.29, 1.82) is 0 Å². The third kappa shape index (κ3) is 8.53. The fourth-order valence-corrected chi connectivity index (χ4v) is 0.925. The number of hydrogen-bond donors (Lipinski definition) is 1. The molecule has 1 amide bonds. The zero-order chi connectivity index (χ0) is 11.2. The van der Waals surface area contributed by atoms with Crippen LogP contribution in [0.5, 0.6) is 0 Å². The predicted octanol–water partition coefficient (Wildman–Crippen LogP) is 2.68. The van der Waals surface area contributed by atoms with Gasteiger partial charge in [-0.1, -0.05) is 0 Å². The second-order valence-corrected chi connectivity index (χ2v) is 4.10. The van der Waals surface area contributed by atoms with Crippen molar-refractivity contribution in [3.63, 3.8) is 0 Å². The molecule has 1 aliphatic carbocycles. The first-order chi connectivity index (χ1) is 6.47. The van der Waals surface area contributed by atoms with Gasteiger partial charge in [-0.3, -0.25) is 0 Å². The Hall–Kier alpha value is -0.458. The van der Waals surface area contributed by atoms with Crippen LogP contribution < -0.4 is 5.32 Å². The van der Waals surface area contributed by atoms with Crippen LogP contribution in [0.1, 0.15) is 33.6 Å². The van der Waals surface area contributed by atoms with E-state index in [1.165, 1.54) is 0 Å². The van der Waals surface area contributed by atoms with Crippen LogP contribution in [0, 0.1) is 6.42 Å². The van der Waals surface area contributed by atoms with Gasteiger partial charge >= 0.3 is 6.09 Å². The maximum Gasteiger partial charge on any atom is 0.407 e. The van der Waals surface area contributed by atoms with Crippen LogP contribution in [0.25, 0.3) is 0 Å². The average Bonchev–Trinajstić information content (AvgIpc) is 1.98. The average molecular weight is 250 g/mol. The standard InChI is InChI=1S/C9H16NO2.C2H4.Cr/c1-9(2,3)12-8(11)10-7-5-4-6-7;1-2;/h4,7H,5-6H2,1-3H3,(H,10,11);1-2H2;/q-1;;. The normalized spacial score (nSPS) is 14.9. The molecule has 0 aromatic carbocycles. The molecule has 3 nitrogen and oxygen atoms in total. The van der Waals surface area contributed by atoms with Gasteiger partial charge in [-0.05, 0) is 26.8 Å². The maximum absolute atomic E-state index is 11.1. The fourth-order valence-electron chi connectivity index (χ4n) is 0.925. The van der Waals surface area contributed by atoms with E-state index in [4.69, 9.17) is 4.74 Å².